The van der Waals surface area contributed by atoms with Gasteiger partial charge in [0.25, 0.3) is 5.91 Å². The minimum atomic E-state index is -3.70. The molecular weight excluding hydrogens is 406 g/mol. The number of hydrogen-bond donors (Lipinski definition) is 2. The number of carbonyl (C=O) groups is 1. The van der Waals surface area contributed by atoms with Gasteiger partial charge in [-0.3, -0.25) is 4.79 Å². The minimum Gasteiger partial charge on any atom is -0.507 e. The van der Waals surface area contributed by atoms with Crippen LogP contribution in [-0.2, 0) is 21.2 Å². The van der Waals surface area contributed by atoms with E-state index in [1.165, 1.54) is 28.6 Å². The molecule has 1 amide bonds. The van der Waals surface area contributed by atoms with Crippen LogP contribution in [0.2, 0.25) is 0 Å². The fourth-order valence-corrected chi connectivity index (χ4v) is 4.54. The summed E-state index contributed by atoms with van der Waals surface area (Å²) in [5, 5.41) is 14.1. The van der Waals surface area contributed by atoms with E-state index < -0.39 is 15.9 Å². The fourth-order valence-electron chi connectivity index (χ4n) is 3.09. The van der Waals surface area contributed by atoms with Crippen LogP contribution in [0.3, 0.4) is 0 Å². The Hall–Kier alpha value is -2.75. The van der Waals surface area contributed by atoms with E-state index in [0.29, 0.717) is 24.5 Å². The first-order chi connectivity index (χ1) is 14.3. The zero-order chi connectivity index (χ0) is 21.7. The summed E-state index contributed by atoms with van der Waals surface area (Å²) < 4.78 is 32.1. The predicted octanol–water partition coefficient (Wildman–Crippen LogP) is 2.13. The van der Waals surface area contributed by atoms with E-state index >= 15 is 0 Å². The summed E-state index contributed by atoms with van der Waals surface area (Å²) in [5.74, 6) is -0.471. The third-order valence-electron chi connectivity index (χ3n) is 4.89. The molecule has 1 aliphatic heterocycles. The summed E-state index contributed by atoms with van der Waals surface area (Å²) in [6.45, 7) is 4.93. The van der Waals surface area contributed by atoms with Gasteiger partial charge in [-0.2, -0.15) is 9.41 Å². The number of carbonyl (C=O) groups excluding carboxylic acids is 1. The first kappa shape index (κ1) is 21.9. The number of morpholine rings is 1. The molecule has 160 valence electrons. The number of hydrogen-bond acceptors (Lipinski definition) is 6. The number of rotatable bonds is 6. The second-order valence-corrected chi connectivity index (χ2v) is 8.83. The van der Waals surface area contributed by atoms with Gasteiger partial charge in [-0.25, -0.2) is 13.8 Å². The molecule has 0 bridgehead atoms. The highest BCUT2D eigenvalue weighted by atomic mass is 32.2. The predicted molar refractivity (Wildman–Crippen MR) is 113 cm³/mol. The average Bonchev–Trinajstić information content (AvgIpc) is 2.78. The van der Waals surface area contributed by atoms with Gasteiger partial charge in [0.1, 0.15) is 5.75 Å². The van der Waals surface area contributed by atoms with E-state index in [2.05, 4.69) is 10.5 Å². The zero-order valence-corrected chi connectivity index (χ0v) is 17.8. The van der Waals surface area contributed by atoms with E-state index in [1.54, 1.807) is 13.0 Å². The lowest BCUT2D eigenvalue weighted by Crippen LogP contribution is -2.40. The Bertz CT molecular complexity index is 1060. The standard InChI is InChI=1S/C21H25N3O5S/c1-3-16-7-8-20(25)19(13-16)15(2)22-23-21(26)17-5-4-6-18(14-17)30(27,28)24-9-11-29-12-10-24/h4-8,13-14,25H,3,9-12H2,1-2H3,(H,23,26). The van der Waals surface area contributed by atoms with Crippen LogP contribution in [0.25, 0.3) is 0 Å². The average molecular weight is 432 g/mol. The third kappa shape index (κ3) is 4.86. The van der Waals surface area contributed by atoms with Gasteiger partial charge in [0.2, 0.25) is 10.0 Å². The highest BCUT2D eigenvalue weighted by molar-refractivity contribution is 7.89. The number of benzene rings is 2. The lowest BCUT2D eigenvalue weighted by Gasteiger charge is -2.26. The van der Waals surface area contributed by atoms with E-state index in [-0.39, 0.29) is 29.3 Å². The topological polar surface area (TPSA) is 108 Å². The summed E-state index contributed by atoms with van der Waals surface area (Å²) in [4.78, 5) is 12.6. The Labute approximate surface area is 176 Å². The summed E-state index contributed by atoms with van der Waals surface area (Å²) in [6.07, 6.45) is 0.803. The van der Waals surface area contributed by atoms with Crippen molar-refractivity contribution in [1.82, 2.24) is 9.73 Å². The van der Waals surface area contributed by atoms with Crippen molar-refractivity contribution < 1.29 is 23.1 Å². The number of amides is 1. The molecule has 0 atom stereocenters. The lowest BCUT2D eigenvalue weighted by atomic mass is 10.0. The maximum Gasteiger partial charge on any atom is 0.271 e. The van der Waals surface area contributed by atoms with Crippen molar-refractivity contribution in [3.8, 4) is 5.75 Å². The number of aryl methyl sites for hydroxylation is 1. The highest BCUT2D eigenvalue weighted by Gasteiger charge is 2.26. The van der Waals surface area contributed by atoms with Crippen molar-refractivity contribution in [3.63, 3.8) is 0 Å². The van der Waals surface area contributed by atoms with E-state index in [9.17, 15) is 18.3 Å². The number of sulfonamides is 1. The number of hydrazone groups is 1. The molecule has 2 N–H and O–H groups in total. The first-order valence-corrected chi connectivity index (χ1v) is 11.1. The van der Waals surface area contributed by atoms with Crippen molar-refractivity contribution in [2.45, 2.75) is 25.2 Å². The van der Waals surface area contributed by atoms with Crippen LogP contribution in [0.5, 0.6) is 5.75 Å². The summed E-state index contributed by atoms with van der Waals surface area (Å²) in [7, 11) is -3.70. The monoisotopic (exact) mass is 431 g/mol. The van der Waals surface area contributed by atoms with Crippen molar-refractivity contribution in [1.29, 1.82) is 0 Å². The second-order valence-electron chi connectivity index (χ2n) is 6.89. The van der Waals surface area contributed by atoms with Crippen LogP contribution >= 0.6 is 0 Å². The lowest BCUT2D eigenvalue weighted by molar-refractivity contribution is 0.0730. The molecule has 1 aliphatic rings. The van der Waals surface area contributed by atoms with Gasteiger partial charge in [-0.1, -0.05) is 19.1 Å². The molecule has 9 heteroatoms. The van der Waals surface area contributed by atoms with Crippen LogP contribution in [0.4, 0.5) is 0 Å². The normalized spacial score (nSPS) is 15.7. The molecule has 1 heterocycles. The Kier molecular flexibility index (Phi) is 6.86. The van der Waals surface area contributed by atoms with Gasteiger partial charge in [0, 0.05) is 24.2 Å². The van der Waals surface area contributed by atoms with Gasteiger partial charge in [0.15, 0.2) is 0 Å². The van der Waals surface area contributed by atoms with Crippen LogP contribution in [0.1, 0.15) is 35.3 Å². The number of nitrogens with one attached hydrogen (secondary N) is 1. The van der Waals surface area contributed by atoms with Crippen LogP contribution in [0, 0.1) is 0 Å². The van der Waals surface area contributed by atoms with Crippen LogP contribution < -0.4 is 5.43 Å². The van der Waals surface area contributed by atoms with E-state index in [4.69, 9.17) is 4.74 Å². The second kappa shape index (κ2) is 9.38. The first-order valence-electron chi connectivity index (χ1n) is 9.67. The third-order valence-corrected chi connectivity index (χ3v) is 6.78. The molecule has 1 fully saturated rings. The Balaban J connectivity index is 1.78. The zero-order valence-electron chi connectivity index (χ0n) is 17.0. The molecule has 0 radical (unpaired) electrons. The summed E-state index contributed by atoms with van der Waals surface area (Å²) >= 11 is 0. The Morgan fingerprint density at radius 3 is 2.63 bits per heavy atom. The number of ether oxygens (including phenoxy) is 1. The van der Waals surface area contributed by atoms with Gasteiger partial charge < -0.3 is 9.84 Å². The number of phenols is 1. The number of aromatic hydroxyl groups is 1. The molecule has 3 rings (SSSR count). The summed E-state index contributed by atoms with van der Waals surface area (Å²) in [5.41, 5.74) is 4.60. The molecule has 2 aromatic carbocycles. The molecule has 0 aromatic heterocycles. The van der Waals surface area contributed by atoms with Crippen LogP contribution in [0.15, 0.2) is 52.5 Å². The van der Waals surface area contributed by atoms with Crippen molar-refractivity contribution >= 4 is 21.6 Å². The van der Waals surface area contributed by atoms with Crippen LogP contribution in [-0.4, -0.2) is 55.8 Å². The number of phenolic OH excluding ortho intramolecular Hbond substituents is 1. The Morgan fingerprint density at radius 2 is 1.93 bits per heavy atom. The summed E-state index contributed by atoms with van der Waals surface area (Å²) in [6, 6.07) is 11.1. The maximum absolute atomic E-state index is 12.8. The van der Waals surface area contributed by atoms with E-state index in [0.717, 1.165) is 12.0 Å². The van der Waals surface area contributed by atoms with Gasteiger partial charge in [-0.15, -0.1) is 0 Å². The largest absolute Gasteiger partial charge is 0.507 e. The van der Waals surface area contributed by atoms with Crippen molar-refractivity contribution in [3.05, 3.63) is 59.2 Å². The minimum absolute atomic E-state index is 0.0473. The van der Waals surface area contributed by atoms with Crippen molar-refractivity contribution in [2.75, 3.05) is 26.3 Å². The quantitative estimate of drug-likeness (QED) is 0.538. The van der Waals surface area contributed by atoms with Gasteiger partial charge >= 0.3 is 0 Å². The molecule has 1 saturated heterocycles. The molecule has 0 aliphatic carbocycles. The molecule has 30 heavy (non-hydrogen) atoms. The van der Waals surface area contributed by atoms with Gasteiger partial charge in [0.05, 0.1) is 23.8 Å². The molecule has 0 saturated carbocycles. The molecular formula is C21H25N3O5S. The molecule has 0 spiro atoms. The SMILES string of the molecule is CCc1ccc(O)c(C(C)=NNC(=O)c2cccc(S(=O)(=O)N3CCOCC3)c2)c1. The fraction of sp³-hybridized carbons (Fsp3) is 0.333. The Morgan fingerprint density at radius 1 is 1.20 bits per heavy atom. The molecule has 2 aromatic rings. The smallest absolute Gasteiger partial charge is 0.271 e. The molecule has 8 nitrogen and oxygen atoms in total. The maximum atomic E-state index is 12.8. The van der Waals surface area contributed by atoms with E-state index in [1.807, 2.05) is 19.1 Å². The van der Waals surface area contributed by atoms with Gasteiger partial charge in [-0.05, 0) is 49.2 Å². The molecule has 0 unspecified atom stereocenters. The van der Waals surface area contributed by atoms with Crippen molar-refractivity contribution in [2.24, 2.45) is 5.10 Å². The number of nitrogens with zero attached hydrogens (tertiary/aromatic N) is 2. The highest BCUT2D eigenvalue weighted by Crippen LogP contribution is 2.20.